The maximum absolute atomic E-state index is 12.6. The highest BCUT2D eigenvalue weighted by molar-refractivity contribution is 7.47. The van der Waals surface area contributed by atoms with Crippen molar-refractivity contribution >= 4 is 19.8 Å². The number of phosphoric ester groups is 1. The van der Waals surface area contributed by atoms with Gasteiger partial charge >= 0.3 is 19.8 Å². The third-order valence-electron chi connectivity index (χ3n) is 8.92. The van der Waals surface area contributed by atoms with Crippen molar-refractivity contribution in [1.82, 2.24) is 0 Å². The van der Waals surface area contributed by atoms with Gasteiger partial charge in [0.2, 0.25) is 0 Å². The summed E-state index contributed by atoms with van der Waals surface area (Å²) in [6.07, 6.45) is 48.3. The zero-order chi connectivity index (χ0) is 40.3. The normalized spacial score (nSPS) is 13.9. The molecule has 0 aliphatic rings. The summed E-state index contributed by atoms with van der Waals surface area (Å²) in [7, 11) is -4.37. The number of unbranched alkanes of at least 4 members (excludes halogenated alkanes) is 17. The summed E-state index contributed by atoms with van der Waals surface area (Å²) in [5, 5.41) is 0. The van der Waals surface area contributed by atoms with E-state index in [1.54, 1.807) is 0 Å². The highest BCUT2D eigenvalue weighted by Gasteiger charge is 2.26. The molecule has 0 spiro atoms. The molecule has 0 heterocycles. The first-order valence-electron chi connectivity index (χ1n) is 21.8. The lowest BCUT2D eigenvalue weighted by atomic mass is 10.1. The van der Waals surface area contributed by atoms with E-state index in [-0.39, 0.29) is 38.6 Å². The number of esters is 2. The van der Waals surface area contributed by atoms with Crippen LogP contribution in [-0.2, 0) is 32.7 Å². The van der Waals surface area contributed by atoms with Crippen LogP contribution in [0.2, 0.25) is 0 Å². The van der Waals surface area contributed by atoms with E-state index in [4.69, 9.17) is 24.3 Å². The first kappa shape index (κ1) is 52.7. The molecule has 0 aromatic carbocycles. The molecule has 0 aromatic rings. The van der Waals surface area contributed by atoms with Crippen LogP contribution in [-0.4, -0.2) is 49.3 Å². The number of rotatable bonds is 40. The Morgan fingerprint density at radius 1 is 0.564 bits per heavy atom. The molecular formula is C45H80NO8P. The van der Waals surface area contributed by atoms with Crippen LogP contribution in [0.1, 0.15) is 181 Å². The molecule has 3 N–H and O–H groups in total. The first-order chi connectivity index (χ1) is 26.8. The van der Waals surface area contributed by atoms with Gasteiger partial charge in [-0.3, -0.25) is 18.6 Å². The summed E-state index contributed by atoms with van der Waals surface area (Å²) in [6.45, 7) is 3.58. The van der Waals surface area contributed by atoms with E-state index in [0.29, 0.717) is 6.42 Å². The summed E-state index contributed by atoms with van der Waals surface area (Å²) in [6, 6.07) is 0. The van der Waals surface area contributed by atoms with Gasteiger partial charge in [0, 0.05) is 19.4 Å². The van der Waals surface area contributed by atoms with Crippen molar-refractivity contribution < 1.29 is 37.6 Å². The van der Waals surface area contributed by atoms with Crippen molar-refractivity contribution in [2.75, 3.05) is 26.4 Å². The van der Waals surface area contributed by atoms with Gasteiger partial charge in [-0.05, 0) is 57.8 Å². The monoisotopic (exact) mass is 794 g/mol. The number of hydrogen-bond acceptors (Lipinski definition) is 8. The number of carbonyl (C=O) groups is 2. The zero-order valence-electron chi connectivity index (χ0n) is 34.9. The van der Waals surface area contributed by atoms with Crippen LogP contribution in [0.5, 0.6) is 0 Å². The van der Waals surface area contributed by atoms with Crippen LogP contribution in [0.25, 0.3) is 0 Å². The third kappa shape index (κ3) is 41.2. The van der Waals surface area contributed by atoms with Gasteiger partial charge in [0.15, 0.2) is 6.10 Å². The number of nitrogens with two attached hydrogens (primary N) is 1. The molecule has 55 heavy (non-hydrogen) atoms. The van der Waals surface area contributed by atoms with Gasteiger partial charge in [-0.1, -0.05) is 171 Å². The Labute approximate surface area is 336 Å². The fraction of sp³-hybridized carbons (Fsp3) is 0.733. The van der Waals surface area contributed by atoms with Gasteiger partial charge in [-0.2, -0.15) is 0 Å². The van der Waals surface area contributed by atoms with Crippen LogP contribution < -0.4 is 5.73 Å². The molecule has 0 aliphatic heterocycles. The van der Waals surface area contributed by atoms with Crippen LogP contribution in [0.3, 0.4) is 0 Å². The molecule has 0 fully saturated rings. The van der Waals surface area contributed by atoms with Gasteiger partial charge < -0.3 is 20.1 Å². The van der Waals surface area contributed by atoms with Gasteiger partial charge in [-0.15, -0.1) is 0 Å². The molecule has 0 radical (unpaired) electrons. The average Bonchev–Trinajstić information content (AvgIpc) is 3.17. The fourth-order valence-corrected chi connectivity index (χ4v) is 6.48. The Kier molecular flexibility index (Phi) is 39.6. The molecule has 0 saturated heterocycles. The van der Waals surface area contributed by atoms with E-state index in [9.17, 15) is 19.0 Å². The smallest absolute Gasteiger partial charge is 0.462 e. The maximum Gasteiger partial charge on any atom is 0.472 e. The minimum Gasteiger partial charge on any atom is -0.462 e. The van der Waals surface area contributed by atoms with E-state index >= 15 is 0 Å². The standard InChI is InChI=1S/C45H80NO8P/c1-3-5-7-9-11-13-14-15-16-17-18-19-20-21-22-23-24-25-26-27-28-30-32-34-36-38-45(48)54-43(42-53-55(49,50)52-40-39-46)41-51-44(47)37-35-33-31-29-12-10-8-6-4-2/h5,7,11,13,15-16,18-19,21-22,43H,3-4,6,8-10,12,14,17,20,23-42,46H2,1-2H3,(H,49,50)/b7-5-,13-11-,16-15-,19-18-,22-21-. The average molecular weight is 794 g/mol. The Bertz CT molecular complexity index is 1090. The SMILES string of the molecule is CC/C=C\C/C=C\C/C=C\C/C=C\C/C=C\CCCCCCCCCCCC(=O)OC(COC(=O)CCCCCCCCCCC)COP(=O)(O)OCCN. The summed E-state index contributed by atoms with van der Waals surface area (Å²) in [4.78, 5) is 34.7. The van der Waals surface area contributed by atoms with Gasteiger partial charge in [-0.25, -0.2) is 4.57 Å². The first-order valence-corrected chi connectivity index (χ1v) is 23.3. The van der Waals surface area contributed by atoms with Crippen molar-refractivity contribution in [3.05, 3.63) is 60.8 Å². The van der Waals surface area contributed by atoms with E-state index < -0.39 is 26.5 Å². The lowest BCUT2D eigenvalue weighted by Crippen LogP contribution is -2.29. The van der Waals surface area contributed by atoms with Crippen LogP contribution in [0.15, 0.2) is 60.8 Å². The molecule has 0 amide bonds. The van der Waals surface area contributed by atoms with E-state index in [1.165, 1.54) is 70.6 Å². The topological polar surface area (TPSA) is 134 Å². The molecule has 0 saturated carbocycles. The van der Waals surface area contributed by atoms with Crippen molar-refractivity contribution in [2.45, 2.75) is 187 Å². The minimum absolute atomic E-state index is 0.0508. The van der Waals surface area contributed by atoms with Crippen LogP contribution in [0, 0.1) is 0 Å². The Morgan fingerprint density at radius 3 is 1.49 bits per heavy atom. The minimum atomic E-state index is -4.37. The predicted octanol–water partition coefficient (Wildman–Crippen LogP) is 12.5. The molecule has 9 nitrogen and oxygen atoms in total. The van der Waals surface area contributed by atoms with Gasteiger partial charge in [0.05, 0.1) is 13.2 Å². The summed E-state index contributed by atoms with van der Waals surface area (Å²) in [5.74, 6) is -0.840. The summed E-state index contributed by atoms with van der Waals surface area (Å²) in [5.41, 5.74) is 5.34. The van der Waals surface area contributed by atoms with Crippen molar-refractivity contribution in [1.29, 1.82) is 0 Å². The third-order valence-corrected chi connectivity index (χ3v) is 9.90. The molecule has 0 rings (SSSR count). The van der Waals surface area contributed by atoms with E-state index in [2.05, 4.69) is 74.6 Å². The van der Waals surface area contributed by atoms with Crippen LogP contribution >= 0.6 is 7.82 Å². The largest absolute Gasteiger partial charge is 0.472 e. The molecule has 10 heteroatoms. The summed E-state index contributed by atoms with van der Waals surface area (Å²) < 4.78 is 32.7. The Balaban J connectivity index is 4.06. The lowest BCUT2D eigenvalue weighted by molar-refractivity contribution is -0.161. The molecule has 318 valence electrons. The summed E-state index contributed by atoms with van der Waals surface area (Å²) >= 11 is 0. The molecule has 0 aromatic heterocycles. The fourth-order valence-electron chi connectivity index (χ4n) is 5.72. The molecule has 2 atom stereocenters. The second-order valence-corrected chi connectivity index (χ2v) is 15.6. The van der Waals surface area contributed by atoms with Crippen molar-refractivity contribution in [3.8, 4) is 0 Å². The number of carbonyl (C=O) groups excluding carboxylic acids is 2. The quantitative estimate of drug-likeness (QED) is 0.0269. The highest BCUT2D eigenvalue weighted by Crippen LogP contribution is 2.43. The molecule has 0 aliphatic carbocycles. The highest BCUT2D eigenvalue weighted by atomic mass is 31.2. The second kappa shape index (κ2) is 41.3. The zero-order valence-corrected chi connectivity index (χ0v) is 35.8. The number of hydrogen-bond donors (Lipinski definition) is 2. The number of ether oxygens (including phenoxy) is 2. The Morgan fingerprint density at radius 2 is 1.00 bits per heavy atom. The van der Waals surface area contributed by atoms with Gasteiger partial charge in [0.1, 0.15) is 6.61 Å². The Hall–Kier alpha value is -2.29. The van der Waals surface area contributed by atoms with E-state index in [1.807, 2.05) is 0 Å². The predicted molar refractivity (Wildman–Crippen MR) is 229 cm³/mol. The number of phosphoric acid groups is 1. The maximum atomic E-state index is 12.6. The lowest BCUT2D eigenvalue weighted by Gasteiger charge is -2.19. The second-order valence-electron chi connectivity index (χ2n) is 14.2. The van der Waals surface area contributed by atoms with Crippen LogP contribution in [0.4, 0.5) is 0 Å². The van der Waals surface area contributed by atoms with E-state index in [0.717, 1.165) is 77.0 Å². The van der Waals surface area contributed by atoms with Gasteiger partial charge in [0.25, 0.3) is 0 Å². The molecule has 2 unspecified atom stereocenters. The van der Waals surface area contributed by atoms with Crippen molar-refractivity contribution in [3.63, 3.8) is 0 Å². The molecular weight excluding hydrogens is 713 g/mol. The number of allylic oxidation sites excluding steroid dienone is 10. The van der Waals surface area contributed by atoms with Crippen molar-refractivity contribution in [2.24, 2.45) is 5.73 Å². The molecule has 0 bridgehead atoms.